The lowest BCUT2D eigenvalue weighted by atomic mass is 10.1. The molecule has 1 fully saturated rings. The molecule has 9 nitrogen and oxygen atoms in total. The summed E-state index contributed by atoms with van der Waals surface area (Å²) in [6, 6.07) is 14.8. The highest BCUT2D eigenvalue weighted by Crippen LogP contribution is 2.26. The lowest BCUT2D eigenvalue weighted by molar-refractivity contribution is 0.0743. The smallest absolute Gasteiger partial charge is 0.257 e. The molecule has 4 aromatic rings. The molecule has 2 aromatic heterocycles. The molecule has 0 spiro atoms. The summed E-state index contributed by atoms with van der Waals surface area (Å²) in [6.07, 6.45) is 1.52. The number of piperazine rings is 1. The van der Waals surface area contributed by atoms with E-state index in [9.17, 15) is 4.79 Å². The summed E-state index contributed by atoms with van der Waals surface area (Å²) in [5.74, 6) is 1.12. The fraction of sp³-hybridized carbons (Fsp3) is 0.227. The topological polar surface area (TPSA) is 89.3 Å². The molecule has 162 valence electrons. The van der Waals surface area contributed by atoms with Crippen LogP contribution in [0.4, 0.5) is 5.82 Å². The molecule has 32 heavy (non-hydrogen) atoms. The van der Waals surface area contributed by atoms with Crippen LogP contribution >= 0.6 is 11.6 Å². The van der Waals surface area contributed by atoms with Crippen molar-refractivity contribution in [2.75, 3.05) is 38.2 Å². The van der Waals surface area contributed by atoms with Gasteiger partial charge >= 0.3 is 0 Å². The lowest BCUT2D eigenvalue weighted by Crippen LogP contribution is -2.49. The van der Waals surface area contributed by atoms with E-state index >= 15 is 0 Å². The number of anilines is 1. The van der Waals surface area contributed by atoms with Crippen LogP contribution in [0.15, 0.2) is 54.9 Å². The molecular weight excluding hydrogens is 430 g/mol. The lowest BCUT2D eigenvalue weighted by Gasteiger charge is -2.35. The van der Waals surface area contributed by atoms with E-state index in [1.807, 2.05) is 30.3 Å². The van der Waals surface area contributed by atoms with Gasteiger partial charge in [-0.1, -0.05) is 35.0 Å². The SMILES string of the molecule is COc1ccc(Cl)cc1C(=O)N1CCN(c2ncnc3c2nnn3-c2ccccc2)CC1. The maximum atomic E-state index is 13.1. The minimum Gasteiger partial charge on any atom is -0.496 e. The van der Waals surface area contributed by atoms with Crippen molar-refractivity contribution in [2.24, 2.45) is 0 Å². The number of para-hydroxylation sites is 1. The highest BCUT2D eigenvalue weighted by atomic mass is 35.5. The van der Waals surface area contributed by atoms with E-state index in [-0.39, 0.29) is 5.91 Å². The van der Waals surface area contributed by atoms with Gasteiger partial charge in [-0.3, -0.25) is 4.79 Å². The first-order valence-corrected chi connectivity index (χ1v) is 10.5. The van der Waals surface area contributed by atoms with Crippen LogP contribution in [0.1, 0.15) is 10.4 Å². The van der Waals surface area contributed by atoms with Crippen LogP contribution < -0.4 is 9.64 Å². The minimum absolute atomic E-state index is 0.105. The van der Waals surface area contributed by atoms with Crippen molar-refractivity contribution in [3.05, 3.63) is 65.4 Å². The Balaban J connectivity index is 1.36. The first-order chi connectivity index (χ1) is 15.7. The first kappa shape index (κ1) is 20.2. The Labute approximate surface area is 189 Å². The zero-order chi connectivity index (χ0) is 22.1. The van der Waals surface area contributed by atoms with Crippen molar-refractivity contribution in [2.45, 2.75) is 0 Å². The van der Waals surface area contributed by atoms with Crippen molar-refractivity contribution in [1.82, 2.24) is 29.9 Å². The zero-order valence-corrected chi connectivity index (χ0v) is 18.1. The molecule has 0 atom stereocenters. The second-order valence-electron chi connectivity index (χ2n) is 7.33. The van der Waals surface area contributed by atoms with Gasteiger partial charge in [-0.2, -0.15) is 4.68 Å². The van der Waals surface area contributed by atoms with Crippen molar-refractivity contribution >= 4 is 34.5 Å². The summed E-state index contributed by atoms with van der Waals surface area (Å²) < 4.78 is 7.04. The molecule has 1 saturated heterocycles. The fourth-order valence-corrected chi connectivity index (χ4v) is 4.02. The summed E-state index contributed by atoms with van der Waals surface area (Å²) in [5.41, 5.74) is 2.62. The standard InChI is InChI=1S/C22H20ClN7O2/c1-32-18-8-7-15(23)13-17(18)22(31)29-11-9-28(10-12-29)20-19-21(25-14-24-20)30(27-26-19)16-5-3-2-4-6-16/h2-8,13-14H,9-12H2,1H3. The summed E-state index contributed by atoms with van der Waals surface area (Å²) in [6.45, 7) is 2.29. The number of halogens is 1. The van der Waals surface area contributed by atoms with Gasteiger partial charge in [-0.25, -0.2) is 9.97 Å². The van der Waals surface area contributed by atoms with Crippen LogP contribution in [-0.4, -0.2) is 69.1 Å². The zero-order valence-electron chi connectivity index (χ0n) is 17.3. The summed E-state index contributed by atoms with van der Waals surface area (Å²) in [4.78, 5) is 25.8. The Hall–Kier alpha value is -3.72. The molecular formula is C22H20ClN7O2. The predicted molar refractivity (Wildman–Crippen MR) is 121 cm³/mol. The molecule has 0 bridgehead atoms. The maximum absolute atomic E-state index is 13.1. The molecule has 3 heterocycles. The van der Waals surface area contributed by atoms with E-state index in [2.05, 4.69) is 25.2 Å². The summed E-state index contributed by atoms with van der Waals surface area (Å²) in [7, 11) is 1.54. The number of hydrogen-bond acceptors (Lipinski definition) is 7. The van der Waals surface area contributed by atoms with Crippen molar-refractivity contribution in [3.63, 3.8) is 0 Å². The number of methoxy groups -OCH3 is 1. The molecule has 5 rings (SSSR count). The minimum atomic E-state index is -0.105. The van der Waals surface area contributed by atoms with E-state index in [1.54, 1.807) is 34.9 Å². The van der Waals surface area contributed by atoms with Gasteiger partial charge in [-0.05, 0) is 30.3 Å². The second kappa shape index (κ2) is 8.43. The first-order valence-electron chi connectivity index (χ1n) is 10.2. The molecule has 0 radical (unpaired) electrons. The normalized spacial score (nSPS) is 14.1. The van der Waals surface area contributed by atoms with Crippen molar-refractivity contribution in [1.29, 1.82) is 0 Å². The Kier molecular flexibility index (Phi) is 5.32. The molecule has 1 amide bonds. The van der Waals surface area contributed by atoms with E-state index in [0.29, 0.717) is 59.5 Å². The van der Waals surface area contributed by atoms with Crippen LogP contribution in [0, 0.1) is 0 Å². The summed E-state index contributed by atoms with van der Waals surface area (Å²) in [5, 5.41) is 9.11. The van der Waals surface area contributed by atoms with Gasteiger partial charge in [-0.15, -0.1) is 5.10 Å². The number of nitrogens with zero attached hydrogens (tertiary/aromatic N) is 7. The number of hydrogen-bond donors (Lipinski definition) is 0. The molecule has 10 heteroatoms. The highest BCUT2D eigenvalue weighted by Gasteiger charge is 2.27. The average Bonchev–Trinajstić information content (AvgIpc) is 3.28. The van der Waals surface area contributed by atoms with Crippen molar-refractivity contribution < 1.29 is 9.53 Å². The van der Waals surface area contributed by atoms with Crippen LogP contribution in [0.5, 0.6) is 5.75 Å². The average molecular weight is 450 g/mol. The molecule has 1 aliphatic rings. The van der Waals surface area contributed by atoms with Gasteiger partial charge in [0.1, 0.15) is 12.1 Å². The van der Waals surface area contributed by atoms with E-state index < -0.39 is 0 Å². The van der Waals surface area contributed by atoms with Crippen LogP contribution in [0.25, 0.3) is 16.9 Å². The van der Waals surface area contributed by atoms with Crippen LogP contribution in [0.2, 0.25) is 5.02 Å². The quantitative estimate of drug-likeness (QED) is 0.473. The van der Waals surface area contributed by atoms with Gasteiger partial charge in [0.25, 0.3) is 5.91 Å². The van der Waals surface area contributed by atoms with Gasteiger partial charge in [0.15, 0.2) is 17.0 Å². The van der Waals surface area contributed by atoms with E-state index in [0.717, 1.165) is 5.69 Å². The van der Waals surface area contributed by atoms with Crippen LogP contribution in [0.3, 0.4) is 0 Å². The number of aromatic nitrogens is 5. The molecule has 0 N–H and O–H groups in total. The number of carbonyl (C=O) groups is 1. The third kappa shape index (κ3) is 3.60. The molecule has 0 aliphatic carbocycles. The molecule has 0 unspecified atom stereocenters. The molecule has 0 saturated carbocycles. The van der Waals surface area contributed by atoms with Crippen LogP contribution in [-0.2, 0) is 0 Å². The Morgan fingerprint density at radius 2 is 1.81 bits per heavy atom. The van der Waals surface area contributed by atoms with E-state index in [1.165, 1.54) is 6.33 Å². The number of ether oxygens (including phenoxy) is 1. The van der Waals surface area contributed by atoms with Crippen molar-refractivity contribution in [3.8, 4) is 11.4 Å². The second-order valence-corrected chi connectivity index (χ2v) is 7.77. The highest BCUT2D eigenvalue weighted by molar-refractivity contribution is 6.31. The van der Waals surface area contributed by atoms with Gasteiger partial charge in [0.2, 0.25) is 0 Å². The predicted octanol–water partition coefficient (Wildman–Crippen LogP) is 2.83. The number of carbonyl (C=O) groups excluding carboxylic acids is 1. The Morgan fingerprint density at radius 3 is 2.56 bits per heavy atom. The third-order valence-electron chi connectivity index (χ3n) is 5.48. The summed E-state index contributed by atoms with van der Waals surface area (Å²) >= 11 is 6.10. The Morgan fingerprint density at radius 1 is 1.03 bits per heavy atom. The van der Waals surface area contributed by atoms with E-state index in [4.69, 9.17) is 16.3 Å². The number of benzene rings is 2. The molecule has 1 aliphatic heterocycles. The van der Waals surface area contributed by atoms with Gasteiger partial charge < -0.3 is 14.5 Å². The number of rotatable bonds is 4. The van der Waals surface area contributed by atoms with Gasteiger partial charge in [0.05, 0.1) is 18.4 Å². The monoisotopic (exact) mass is 449 g/mol. The largest absolute Gasteiger partial charge is 0.496 e. The Bertz CT molecular complexity index is 1270. The third-order valence-corrected chi connectivity index (χ3v) is 5.71. The number of amides is 1. The van der Waals surface area contributed by atoms with Gasteiger partial charge in [0, 0.05) is 31.2 Å². The number of fused-ring (bicyclic) bond motifs is 1. The maximum Gasteiger partial charge on any atom is 0.257 e. The molecule has 2 aromatic carbocycles. The fourth-order valence-electron chi connectivity index (χ4n) is 3.85.